The second kappa shape index (κ2) is 5.40. The van der Waals surface area contributed by atoms with Crippen LogP contribution in [0, 0.1) is 0 Å². The zero-order valence-corrected chi connectivity index (χ0v) is 12.3. The van der Waals surface area contributed by atoms with Crippen LogP contribution in [0.5, 0.6) is 11.5 Å². The van der Waals surface area contributed by atoms with Crippen molar-refractivity contribution in [1.82, 2.24) is 0 Å². The highest BCUT2D eigenvalue weighted by Crippen LogP contribution is 2.37. The lowest BCUT2D eigenvalue weighted by Crippen LogP contribution is -1.98. The fourth-order valence-corrected chi connectivity index (χ4v) is 2.17. The van der Waals surface area contributed by atoms with Crippen molar-refractivity contribution in [3.05, 3.63) is 34.8 Å². The van der Waals surface area contributed by atoms with E-state index < -0.39 is 0 Å². The van der Waals surface area contributed by atoms with Crippen molar-refractivity contribution in [2.24, 2.45) is 0 Å². The molecule has 4 N–H and O–H groups in total. The summed E-state index contributed by atoms with van der Waals surface area (Å²) in [7, 11) is 3.22. The highest BCUT2D eigenvalue weighted by molar-refractivity contribution is 9.10. The minimum Gasteiger partial charge on any atom is -0.497 e. The molecule has 0 saturated heterocycles. The van der Waals surface area contributed by atoms with E-state index in [4.69, 9.17) is 20.9 Å². The summed E-state index contributed by atoms with van der Waals surface area (Å²) in [5.74, 6) is 1.41. The van der Waals surface area contributed by atoms with Gasteiger partial charge in [-0.3, -0.25) is 0 Å². The average Bonchev–Trinajstić information content (AvgIpc) is 2.44. The zero-order chi connectivity index (χ0) is 14.0. The Morgan fingerprint density at radius 1 is 0.895 bits per heavy atom. The average molecular weight is 323 g/mol. The summed E-state index contributed by atoms with van der Waals surface area (Å²) in [5, 5.41) is 0. The predicted octanol–water partition coefficient (Wildman–Crippen LogP) is 3.30. The topological polar surface area (TPSA) is 70.5 Å². The summed E-state index contributed by atoms with van der Waals surface area (Å²) < 4.78 is 11.3. The van der Waals surface area contributed by atoms with E-state index in [1.54, 1.807) is 14.2 Å². The van der Waals surface area contributed by atoms with Gasteiger partial charge in [0, 0.05) is 16.1 Å². The Morgan fingerprint density at radius 3 is 2.00 bits per heavy atom. The van der Waals surface area contributed by atoms with Gasteiger partial charge in [0.05, 0.1) is 25.6 Å². The zero-order valence-electron chi connectivity index (χ0n) is 10.7. The Labute approximate surface area is 120 Å². The second-order valence-electron chi connectivity index (χ2n) is 4.02. The van der Waals surface area contributed by atoms with Gasteiger partial charge in [0.2, 0.25) is 0 Å². The Balaban J connectivity index is 2.61. The Hall–Kier alpha value is -1.88. The highest BCUT2D eigenvalue weighted by Gasteiger charge is 2.10. The van der Waals surface area contributed by atoms with Crippen LogP contribution in [0.3, 0.4) is 0 Å². The van der Waals surface area contributed by atoms with E-state index in [-0.39, 0.29) is 0 Å². The van der Waals surface area contributed by atoms with Crippen molar-refractivity contribution in [2.45, 2.75) is 0 Å². The number of hydrogen-bond acceptors (Lipinski definition) is 4. The highest BCUT2D eigenvalue weighted by atomic mass is 79.9. The van der Waals surface area contributed by atoms with Crippen molar-refractivity contribution >= 4 is 27.3 Å². The molecule has 0 bridgehead atoms. The third kappa shape index (κ3) is 2.61. The van der Waals surface area contributed by atoms with Crippen LogP contribution >= 0.6 is 15.9 Å². The number of nitrogen functional groups attached to an aromatic ring is 2. The van der Waals surface area contributed by atoms with E-state index in [9.17, 15) is 0 Å². The molecule has 2 rings (SSSR count). The van der Waals surface area contributed by atoms with E-state index in [1.165, 1.54) is 0 Å². The largest absolute Gasteiger partial charge is 0.497 e. The molecule has 0 radical (unpaired) electrons. The van der Waals surface area contributed by atoms with Crippen molar-refractivity contribution < 1.29 is 9.47 Å². The third-order valence-electron chi connectivity index (χ3n) is 2.90. The summed E-state index contributed by atoms with van der Waals surface area (Å²) in [5.41, 5.74) is 14.8. The molecule has 0 heterocycles. The molecule has 0 aromatic heterocycles. The smallest absolute Gasteiger partial charge is 0.123 e. The Kier molecular flexibility index (Phi) is 3.85. The molecule has 0 spiro atoms. The van der Waals surface area contributed by atoms with Crippen LogP contribution in [0.15, 0.2) is 34.8 Å². The molecule has 0 unspecified atom stereocenters. The Bertz CT molecular complexity index is 592. The molecule has 0 aliphatic rings. The number of rotatable bonds is 3. The summed E-state index contributed by atoms with van der Waals surface area (Å²) in [6, 6.07) is 9.36. The van der Waals surface area contributed by atoms with Crippen molar-refractivity contribution in [3.8, 4) is 22.6 Å². The number of hydrogen-bond donors (Lipinski definition) is 2. The van der Waals surface area contributed by atoms with Gasteiger partial charge in [-0.05, 0) is 39.7 Å². The first-order valence-electron chi connectivity index (χ1n) is 5.63. The Morgan fingerprint density at radius 2 is 1.47 bits per heavy atom. The molecule has 0 atom stereocenters. The molecular formula is C14H15BrN2O2. The van der Waals surface area contributed by atoms with Gasteiger partial charge in [0.1, 0.15) is 11.5 Å². The first-order valence-corrected chi connectivity index (χ1v) is 6.43. The quantitative estimate of drug-likeness (QED) is 0.850. The van der Waals surface area contributed by atoms with Gasteiger partial charge in [-0.25, -0.2) is 0 Å². The van der Waals surface area contributed by atoms with Crippen LogP contribution in [0.4, 0.5) is 11.4 Å². The number of ether oxygens (including phenoxy) is 2. The molecule has 0 amide bonds. The molecule has 4 nitrogen and oxygen atoms in total. The maximum Gasteiger partial charge on any atom is 0.123 e. The molecular weight excluding hydrogens is 308 g/mol. The second-order valence-corrected chi connectivity index (χ2v) is 4.88. The molecule has 0 fully saturated rings. The number of benzene rings is 2. The van der Waals surface area contributed by atoms with E-state index >= 15 is 0 Å². The normalized spacial score (nSPS) is 10.3. The monoisotopic (exact) mass is 322 g/mol. The van der Waals surface area contributed by atoms with Crippen molar-refractivity contribution in [1.29, 1.82) is 0 Å². The van der Waals surface area contributed by atoms with E-state index in [0.717, 1.165) is 15.6 Å². The maximum absolute atomic E-state index is 6.06. The van der Waals surface area contributed by atoms with Gasteiger partial charge >= 0.3 is 0 Å². The summed E-state index contributed by atoms with van der Waals surface area (Å²) in [6.07, 6.45) is 0. The van der Waals surface area contributed by atoms with Crippen LogP contribution in [0.1, 0.15) is 0 Å². The molecule has 0 aliphatic heterocycles. The summed E-state index contributed by atoms with van der Waals surface area (Å²) in [4.78, 5) is 0. The third-order valence-corrected chi connectivity index (χ3v) is 3.59. The first kappa shape index (κ1) is 13.5. The van der Waals surface area contributed by atoms with Crippen molar-refractivity contribution in [2.75, 3.05) is 25.7 Å². The maximum atomic E-state index is 6.06. The summed E-state index contributed by atoms with van der Waals surface area (Å²) in [6.45, 7) is 0. The standard InChI is InChI=1S/C14H15BrN2O2/c1-18-9-5-8(6-10(7-9)19-2)11-3-4-12(15)14(17)13(11)16/h3-7H,16-17H2,1-2H3. The van der Waals surface area contributed by atoms with Crippen LogP contribution < -0.4 is 20.9 Å². The fraction of sp³-hybridized carbons (Fsp3) is 0.143. The van der Waals surface area contributed by atoms with E-state index in [2.05, 4.69) is 15.9 Å². The lowest BCUT2D eigenvalue weighted by atomic mass is 10.0. The van der Waals surface area contributed by atoms with Crippen LogP contribution in [0.2, 0.25) is 0 Å². The van der Waals surface area contributed by atoms with Crippen LogP contribution in [0.25, 0.3) is 11.1 Å². The molecule has 0 aliphatic carbocycles. The van der Waals surface area contributed by atoms with Crippen LogP contribution in [-0.4, -0.2) is 14.2 Å². The number of methoxy groups -OCH3 is 2. The van der Waals surface area contributed by atoms with E-state index in [0.29, 0.717) is 22.9 Å². The molecule has 2 aromatic rings. The minimum atomic E-state index is 0.527. The molecule has 19 heavy (non-hydrogen) atoms. The van der Waals surface area contributed by atoms with E-state index in [1.807, 2.05) is 30.3 Å². The molecule has 2 aromatic carbocycles. The molecule has 100 valence electrons. The molecule has 5 heteroatoms. The first-order chi connectivity index (χ1) is 9.06. The van der Waals surface area contributed by atoms with Gasteiger partial charge in [-0.2, -0.15) is 0 Å². The lowest BCUT2D eigenvalue weighted by Gasteiger charge is -2.12. The van der Waals surface area contributed by atoms with Crippen LogP contribution in [-0.2, 0) is 0 Å². The summed E-state index contributed by atoms with van der Waals surface area (Å²) >= 11 is 3.35. The fourth-order valence-electron chi connectivity index (χ4n) is 1.82. The predicted molar refractivity (Wildman–Crippen MR) is 81.5 cm³/mol. The van der Waals surface area contributed by atoms with Gasteiger partial charge in [0.25, 0.3) is 0 Å². The van der Waals surface area contributed by atoms with Gasteiger partial charge in [-0.1, -0.05) is 6.07 Å². The lowest BCUT2D eigenvalue weighted by molar-refractivity contribution is 0.394. The minimum absolute atomic E-state index is 0.527. The van der Waals surface area contributed by atoms with Gasteiger partial charge in [-0.15, -0.1) is 0 Å². The van der Waals surface area contributed by atoms with Gasteiger partial charge < -0.3 is 20.9 Å². The number of nitrogens with two attached hydrogens (primary N) is 2. The number of anilines is 2. The number of halogens is 1. The van der Waals surface area contributed by atoms with Gasteiger partial charge in [0.15, 0.2) is 0 Å². The molecule has 0 saturated carbocycles. The SMILES string of the molecule is COc1cc(OC)cc(-c2ccc(Br)c(N)c2N)c1. The van der Waals surface area contributed by atoms with Crippen molar-refractivity contribution in [3.63, 3.8) is 0 Å².